The maximum Gasteiger partial charge on any atom is 0.0708 e. The Morgan fingerprint density at radius 2 is 0.976 bits per heavy atom. The highest BCUT2D eigenvalue weighted by molar-refractivity contribution is 6.12. The number of aromatic nitrogens is 2. The molecule has 8 aromatic rings. The molecule has 190 valence electrons. The molecule has 1 aliphatic rings. The number of para-hydroxylation sites is 2. The highest BCUT2D eigenvalue weighted by Crippen LogP contribution is 2.50. The van der Waals surface area contributed by atoms with E-state index < -0.39 is 0 Å². The van der Waals surface area contributed by atoms with Crippen molar-refractivity contribution >= 4 is 32.7 Å². The number of hydrogen-bond acceptors (Lipinski definition) is 1. The Kier molecular flexibility index (Phi) is 4.64. The first-order chi connectivity index (χ1) is 20.4. The van der Waals surface area contributed by atoms with Gasteiger partial charge >= 0.3 is 0 Å². The van der Waals surface area contributed by atoms with Crippen LogP contribution in [0, 0.1) is 0 Å². The summed E-state index contributed by atoms with van der Waals surface area (Å²) in [5, 5.41) is 3.68. The van der Waals surface area contributed by atoms with Gasteiger partial charge in [0.2, 0.25) is 0 Å². The van der Waals surface area contributed by atoms with E-state index in [1.165, 1.54) is 72.0 Å². The van der Waals surface area contributed by atoms with Gasteiger partial charge in [0.15, 0.2) is 0 Å². The molecule has 0 saturated carbocycles. The fourth-order valence-electron chi connectivity index (χ4n) is 6.87. The zero-order valence-electron chi connectivity index (χ0n) is 22.3. The molecule has 0 amide bonds. The Labute approximate surface area is 237 Å². The molecule has 2 aromatic heterocycles. The van der Waals surface area contributed by atoms with Gasteiger partial charge in [0.25, 0.3) is 0 Å². The van der Waals surface area contributed by atoms with Crippen LogP contribution in [0.4, 0.5) is 0 Å². The van der Waals surface area contributed by atoms with Gasteiger partial charge in [-0.25, -0.2) is 0 Å². The van der Waals surface area contributed by atoms with Crippen molar-refractivity contribution < 1.29 is 0 Å². The lowest BCUT2D eigenvalue weighted by Gasteiger charge is -2.26. The van der Waals surface area contributed by atoms with Gasteiger partial charge in [-0.05, 0) is 75.3 Å². The predicted molar refractivity (Wildman–Crippen MR) is 171 cm³/mol. The van der Waals surface area contributed by atoms with Crippen molar-refractivity contribution in [2.75, 3.05) is 0 Å². The van der Waals surface area contributed by atoms with Gasteiger partial charge in [0.1, 0.15) is 0 Å². The van der Waals surface area contributed by atoms with Crippen LogP contribution in [-0.4, -0.2) is 9.55 Å². The van der Waals surface area contributed by atoms with E-state index in [2.05, 4.69) is 138 Å². The highest BCUT2D eigenvalue weighted by atomic mass is 15.0. The molecular formula is C39H24N2. The van der Waals surface area contributed by atoms with Gasteiger partial charge in [0, 0.05) is 27.9 Å². The average molecular weight is 521 g/mol. The minimum absolute atomic E-state index is 1.01. The molecule has 0 saturated heterocycles. The molecule has 1 aliphatic carbocycles. The normalized spacial score (nSPS) is 11.9. The largest absolute Gasteiger partial charge is 0.309 e. The maximum absolute atomic E-state index is 4.72. The van der Waals surface area contributed by atoms with Crippen molar-refractivity contribution in [3.8, 4) is 50.2 Å². The minimum atomic E-state index is 1.01. The molecule has 0 atom stereocenters. The van der Waals surface area contributed by atoms with Crippen molar-refractivity contribution in [1.82, 2.24) is 9.55 Å². The Morgan fingerprint density at radius 1 is 0.415 bits per heavy atom. The number of nitrogens with zero attached hydrogens (tertiary/aromatic N) is 2. The summed E-state index contributed by atoms with van der Waals surface area (Å²) in [7, 11) is 0. The molecule has 0 unspecified atom stereocenters. The Morgan fingerprint density at radius 3 is 1.71 bits per heavy atom. The molecule has 9 rings (SSSR count). The maximum atomic E-state index is 4.72. The van der Waals surface area contributed by atoms with Crippen LogP contribution in [0.1, 0.15) is 0 Å². The summed E-state index contributed by atoms with van der Waals surface area (Å²) in [6.45, 7) is 0. The predicted octanol–water partition coefficient (Wildman–Crippen LogP) is 10.3. The van der Waals surface area contributed by atoms with Gasteiger partial charge < -0.3 is 4.57 Å². The molecule has 0 fully saturated rings. The lowest BCUT2D eigenvalue weighted by molar-refractivity contribution is 1.18. The second-order valence-corrected chi connectivity index (χ2v) is 10.8. The van der Waals surface area contributed by atoms with Crippen LogP contribution in [-0.2, 0) is 0 Å². The summed E-state index contributed by atoms with van der Waals surface area (Å²) < 4.78 is 2.45. The van der Waals surface area contributed by atoms with E-state index in [-0.39, 0.29) is 0 Å². The lowest BCUT2D eigenvalue weighted by atomic mass is 9.80. The van der Waals surface area contributed by atoms with E-state index in [1.807, 2.05) is 12.3 Å². The Hall–Kier alpha value is -5.47. The van der Waals surface area contributed by atoms with Crippen LogP contribution in [0.2, 0.25) is 0 Å². The molecule has 41 heavy (non-hydrogen) atoms. The van der Waals surface area contributed by atoms with E-state index in [0.29, 0.717) is 0 Å². The van der Waals surface area contributed by atoms with Crippen molar-refractivity contribution in [2.45, 2.75) is 0 Å². The second-order valence-electron chi connectivity index (χ2n) is 10.8. The van der Waals surface area contributed by atoms with Crippen molar-refractivity contribution in [3.63, 3.8) is 0 Å². The fourth-order valence-corrected chi connectivity index (χ4v) is 6.87. The van der Waals surface area contributed by atoms with E-state index >= 15 is 0 Å². The van der Waals surface area contributed by atoms with Crippen LogP contribution >= 0.6 is 0 Å². The van der Waals surface area contributed by atoms with Gasteiger partial charge in [-0.1, -0.05) is 103 Å². The average Bonchev–Trinajstić information content (AvgIpc) is 3.37. The third-order valence-electron chi connectivity index (χ3n) is 8.60. The molecule has 0 spiro atoms. The molecule has 2 heterocycles. The number of pyridine rings is 1. The molecule has 0 N–H and O–H groups in total. The van der Waals surface area contributed by atoms with Crippen LogP contribution < -0.4 is 0 Å². The SMILES string of the molecule is c1ccc2c(c1)-c1cc3ncccc3cc1-c1ccccc1-c1c-2cccc1-n1c2ccccc2c2ccccc21. The van der Waals surface area contributed by atoms with Gasteiger partial charge in [-0.3, -0.25) is 4.98 Å². The zero-order valence-corrected chi connectivity index (χ0v) is 22.3. The molecule has 0 aliphatic heterocycles. The van der Waals surface area contributed by atoms with Crippen LogP contribution in [0.3, 0.4) is 0 Å². The molecule has 0 bridgehead atoms. The monoisotopic (exact) mass is 520 g/mol. The Bertz CT molecular complexity index is 2270. The van der Waals surface area contributed by atoms with Crippen molar-refractivity contribution in [1.29, 1.82) is 0 Å². The van der Waals surface area contributed by atoms with Gasteiger partial charge in [-0.15, -0.1) is 0 Å². The standard InChI is InChI=1S/C39H24N2/c1-2-13-27-26(12-1)32-18-9-21-38(41-36-19-7-5-15-29(36)30-16-6-8-20-37(30)41)39(32)31-17-4-3-14-28(31)33-23-25-11-10-22-40-35(25)24-34(27)33/h1-24H. The number of rotatable bonds is 1. The molecule has 2 heteroatoms. The van der Waals surface area contributed by atoms with E-state index in [9.17, 15) is 0 Å². The van der Waals surface area contributed by atoms with Crippen LogP contribution in [0.25, 0.3) is 82.9 Å². The lowest BCUT2D eigenvalue weighted by Crippen LogP contribution is -2.03. The first kappa shape index (κ1) is 22.4. The first-order valence-electron chi connectivity index (χ1n) is 14.1. The van der Waals surface area contributed by atoms with E-state index in [0.717, 1.165) is 10.9 Å². The summed E-state index contributed by atoms with van der Waals surface area (Å²) in [6, 6.07) is 50.8. The number of benzene rings is 6. The third-order valence-corrected chi connectivity index (χ3v) is 8.60. The zero-order chi connectivity index (χ0) is 26.9. The first-order valence-corrected chi connectivity index (χ1v) is 14.1. The smallest absolute Gasteiger partial charge is 0.0708 e. The summed E-state index contributed by atoms with van der Waals surface area (Å²) in [5.41, 5.74) is 14.5. The van der Waals surface area contributed by atoms with Gasteiger partial charge in [0.05, 0.1) is 22.2 Å². The van der Waals surface area contributed by atoms with Crippen molar-refractivity contribution in [2.24, 2.45) is 0 Å². The van der Waals surface area contributed by atoms with Crippen LogP contribution in [0.15, 0.2) is 146 Å². The number of hydrogen-bond donors (Lipinski definition) is 0. The molecule has 0 radical (unpaired) electrons. The summed E-state index contributed by atoms with van der Waals surface area (Å²) >= 11 is 0. The Balaban J connectivity index is 1.48. The fraction of sp³-hybridized carbons (Fsp3) is 0. The molecule has 2 nitrogen and oxygen atoms in total. The van der Waals surface area contributed by atoms with Crippen molar-refractivity contribution in [3.05, 3.63) is 146 Å². The molecular weight excluding hydrogens is 496 g/mol. The van der Waals surface area contributed by atoms with E-state index in [1.54, 1.807) is 0 Å². The number of fused-ring (bicyclic) bond motifs is 12. The third kappa shape index (κ3) is 3.16. The second kappa shape index (κ2) is 8.51. The summed E-state index contributed by atoms with van der Waals surface area (Å²) in [4.78, 5) is 4.72. The summed E-state index contributed by atoms with van der Waals surface area (Å²) in [6.07, 6.45) is 1.88. The van der Waals surface area contributed by atoms with Gasteiger partial charge in [-0.2, -0.15) is 0 Å². The summed E-state index contributed by atoms with van der Waals surface area (Å²) in [5.74, 6) is 0. The molecule has 6 aromatic carbocycles. The highest BCUT2D eigenvalue weighted by Gasteiger charge is 2.25. The topological polar surface area (TPSA) is 17.8 Å². The quantitative estimate of drug-likeness (QED) is 0.210. The minimum Gasteiger partial charge on any atom is -0.309 e. The van der Waals surface area contributed by atoms with E-state index in [4.69, 9.17) is 4.98 Å². The van der Waals surface area contributed by atoms with Crippen LogP contribution in [0.5, 0.6) is 0 Å².